The van der Waals surface area contributed by atoms with Gasteiger partial charge in [0.05, 0.1) is 5.56 Å². The van der Waals surface area contributed by atoms with Crippen molar-refractivity contribution in [3.63, 3.8) is 0 Å². The van der Waals surface area contributed by atoms with Crippen LogP contribution in [0.5, 0.6) is 0 Å². The maximum Gasteiger partial charge on any atom is 0.256 e. The lowest BCUT2D eigenvalue weighted by molar-refractivity contribution is 0.0792. The maximum atomic E-state index is 13.4. The molecule has 0 aromatic heterocycles. The third kappa shape index (κ3) is 3.21. The number of halogens is 1. The second kappa shape index (κ2) is 5.86. The third-order valence-electron chi connectivity index (χ3n) is 2.22. The molecule has 1 N–H and O–H groups in total. The molecule has 0 heterocycles. The van der Waals surface area contributed by atoms with Crippen LogP contribution in [-0.4, -0.2) is 38.0 Å². The number of thiol groups is 1. The number of benzene rings is 1. The molecule has 0 bridgehead atoms. The highest BCUT2D eigenvalue weighted by Crippen LogP contribution is 2.14. The molecule has 0 atom stereocenters. The van der Waals surface area contributed by atoms with E-state index in [9.17, 15) is 9.18 Å². The number of hydrogen-bond donors (Lipinski definition) is 2. The van der Waals surface area contributed by atoms with E-state index in [4.69, 9.17) is 0 Å². The summed E-state index contributed by atoms with van der Waals surface area (Å²) in [6, 6.07) is 4.21. The van der Waals surface area contributed by atoms with E-state index < -0.39 is 5.82 Å². The Bertz CT molecular complexity index is 384. The number of nitrogens with zero attached hydrogens (tertiary/aromatic N) is 1. The van der Waals surface area contributed by atoms with Crippen molar-refractivity contribution in [3.8, 4) is 0 Å². The molecule has 0 aliphatic heterocycles. The minimum atomic E-state index is -0.515. The van der Waals surface area contributed by atoms with E-state index in [1.54, 1.807) is 14.1 Å². The van der Waals surface area contributed by atoms with Crippen molar-refractivity contribution in [1.29, 1.82) is 0 Å². The monoisotopic (exact) mass is 242 g/mol. The molecule has 3 nitrogen and oxygen atoms in total. The number of rotatable bonds is 4. The summed E-state index contributed by atoms with van der Waals surface area (Å²) in [5.74, 6) is -0.845. The van der Waals surface area contributed by atoms with Gasteiger partial charge in [0.25, 0.3) is 5.91 Å². The summed E-state index contributed by atoms with van der Waals surface area (Å²) in [6.07, 6.45) is 0. The summed E-state index contributed by atoms with van der Waals surface area (Å²) < 4.78 is 13.4. The average Bonchev–Trinajstić information content (AvgIpc) is 2.28. The molecule has 1 aromatic carbocycles. The first kappa shape index (κ1) is 13.0. The van der Waals surface area contributed by atoms with Gasteiger partial charge in [-0.2, -0.15) is 0 Å². The maximum absolute atomic E-state index is 13.4. The molecule has 88 valence electrons. The lowest BCUT2D eigenvalue weighted by Gasteiger charge is -2.17. The molecule has 1 amide bonds. The summed E-state index contributed by atoms with van der Waals surface area (Å²) in [4.78, 5) is 13.9. The fraction of sp³-hybridized carbons (Fsp3) is 0.364. The van der Waals surface area contributed by atoms with Crippen molar-refractivity contribution >= 4 is 18.5 Å². The quantitative estimate of drug-likeness (QED) is 0.782. The van der Waals surface area contributed by atoms with E-state index >= 15 is 0 Å². The number of carbonyl (C=O) groups excluding carboxylic acids is 1. The van der Waals surface area contributed by atoms with Crippen LogP contribution in [0.3, 0.4) is 0 Å². The Morgan fingerprint density at radius 3 is 2.88 bits per heavy atom. The largest absolute Gasteiger partial charge is 0.340 e. The first-order chi connectivity index (χ1) is 7.56. The van der Waals surface area contributed by atoms with Crippen molar-refractivity contribution in [3.05, 3.63) is 29.6 Å². The molecule has 0 aliphatic rings. The summed E-state index contributed by atoms with van der Waals surface area (Å²) in [7, 11) is 3.44. The van der Waals surface area contributed by atoms with E-state index in [0.29, 0.717) is 18.0 Å². The molecule has 0 unspecified atom stereocenters. The molecule has 0 fully saturated rings. The van der Waals surface area contributed by atoms with Gasteiger partial charge in [0.1, 0.15) is 5.82 Å². The van der Waals surface area contributed by atoms with Crippen molar-refractivity contribution in [2.75, 3.05) is 27.2 Å². The number of likely N-dealkylation sites (N-methyl/N-ethyl adjacent to an activating group) is 2. The molecule has 16 heavy (non-hydrogen) atoms. The van der Waals surface area contributed by atoms with E-state index in [0.717, 1.165) is 0 Å². The van der Waals surface area contributed by atoms with Crippen LogP contribution in [0.25, 0.3) is 0 Å². The molecule has 0 aliphatic carbocycles. The van der Waals surface area contributed by atoms with Crippen LogP contribution < -0.4 is 5.32 Å². The Labute approximate surface area is 100 Å². The zero-order valence-corrected chi connectivity index (χ0v) is 10.2. The molecule has 0 saturated heterocycles. The minimum Gasteiger partial charge on any atom is -0.340 e. The van der Waals surface area contributed by atoms with E-state index in [-0.39, 0.29) is 11.5 Å². The lowest BCUT2D eigenvalue weighted by Crippen LogP contribution is -2.33. The van der Waals surface area contributed by atoms with Gasteiger partial charge < -0.3 is 10.2 Å². The van der Waals surface area contributed by atoms with Gasteiger partial charge in [0.2, 0.25) is 0 Å². The molecule has 1 rings (SSSR count). The Balaban J connectivity index is 2.83. The minimum absolute atomic E-state index is 0.0612. The zero-order chi connectivity index (χ0) is 12.1. The van der Waals surface area contributed by atoms with Crippen LogP contribution in [0.15, 0.2) is 23.1 Å². The Kier molecular flexibility index (Phi) is 4.76. The third-order valence-corrected chi connectivity index (χ3v) is 2.50. The number of carbonyl (C=O) groups is 1. The van der Waals surface area contributed by atoms with Crippen LogP contribution in [-0.2, 0) is 0 Å². The van der Waals surface area contributed by atoms with Gasteiger partial charge >= 0.3 is 0 Å². The summed E-state index contributed by atoms with van der Waals surface area (Å²) >= 11 is 4.09. The van der Waals surface area contributed by atoms with E-state index in [1.165, 1.54) is 23.1 Å². The number of hydrogen-bond acceptors (Lipinski definition) is 3. The molecule has 0 spiro atoms. The van der Waals surface area contributed by atoms with Gasteiger partial charge in [-0.25, -0.2) is 4.39 Å². The normalized spacial score (nSPS) is 10.2. The smallest absolute Gasteiger partial charge is 0.256 e. The summed E-state index contributed by atoms with van der Waals surface area (Å²) in [5, 5.41) is 2.93. The van der Waals surface area contributed by atoms with Gasteiger partial charge in [-0.05, 0) is 25.2 Å². The van der Waals surface area contributed by atoms with Gasteiger partial charge in [-0.15, -0.1) is 12.6 Å². The lowest BCUT2D eigenvalue weighted by atomic mass is 10.2. The predicted octanol–water partition coefficient (Wildman–Crippen LogP) is 1.41. The number of amides is 1. The van der Waals surface area contributed by atoms with Gasteiger partial charge in [-0.3, -0.25) is 4.79 Å². The van der Waals surface area contributed by atoms with Crippen LogP contribution >= 0.6 is 12.6 Å². The highest BCUT2D eigenvalue weighted by molar-refractivity contribution is 7.80. The highest BCUT2D eigenvalue weighted by Gasteiger charge is 2.15. The molecule has 0 saturated carbocycles. The summed E-state index contributed by atoms with van der Waals surface area (Å²) in [5.41, 5.74) is 0.0612. The van der Waals surface area contributed by atoms with Crippen molar-refractivity contribution in [2.24, 2.45) is 0 Å². The van der Waals surface area contributed by atoms with Crippen LogP contribution in [0, 0.1) is 5.82 Å². The fourth-order valence-corrected chi connectivity index (χ4v) is 1.47. The topological polar surface area (TPSA) is 32.3 Å². The predicted molar refractivity (Wildman–Crippen MR) is 64.5 cm³/mol. The average molecular weight is 242 g/mol. The van der Waals surface area contributed by atoms with Crippen LogP contribution in [0.4, 0.5) is 4.39 Å². The van der Waals surface area contributed by atoms with Gasteiger partial charge in [0.15, 0.2) is 0 Å². The van der Waals surface area contributed by atoms with Crippen molar-refractivity contribution < 1.29 is 9.18 Å². The van der Waals surface area contributed by atoms with Gasteiger partial charge in [0, 0.05) is 25.0 Å². The van der Waals surface area contributed by atoms with Crippen molar-refractivity contribution in [2.45, 2.75) is 4.90 Å². The Morgan fingerprint density at radius 1 is 1.56 bits per heavy atom. The summed E-state index contributed by atoms with van der Waals surface area (Å²) in [6.45, 7) is 1.20. The SMILES string of the molecule is CNCCN(C)C(=O)c1cc(S)ccc1F. The Morgan fingerprint density at radius 2 is 2.25 bits per heavy atom. The fourth-order valence-electron chi connectivity index (χ4n) is 1.26. The van der Waals surface area contributed by atoms with Crippen molar-refractivity contribution in [1.82, 2.24) is 10.2 Å². The Hall–Kier alpha value is -1.07. The second-order valence-corrected chi connectivity index (χ2v) is 4.01. The first-order valence-corrected chi connectivity index (χ1v) is 5.39. The molecule has 0 radical (unpaired) electrons. The van der Waals surface area contributed by atoms with E-state index in [1.807, 2.05) is 0 Å². The second-order valence-electron chi connectivity index (χ2n) is 3.49. The molecule has 5 heteroatoms. The van der Waals surface area contributed by atoms with E-state index in [2.05, 4.69) is 17.9 Å². The highest BCUT2D eigenvalue weighted by atomic mass is 32.1. The first-order valence-electron chi connectivity index (χ1n) is 4.95. The molecular weight excluding hydrogens is 227 g/mol. The standard InChI is InChI=1S/C11H15FN2OS/c1-13-5-6-14(2)11(15)9-7-8(16)3-4-10(9)12/h3-4,7,13,16H,5-6H2,1-2H3. The molecular formula is C11H15FN2OS. The van der Waals surface area contributed by atoms with Gasteiger partial charge in [-0.1, -0.05) is 0 Å². The van der Waals surface area contributed by atoms with Crippen LogP contribution in [0.1, 0.15) is 10.4 Å². The number of nitrogens with one attached hydrogen (secondary N) is 1. The molecule has 1 aromatic rings. The zero-order valence-electron chi connectivity index (χ0n) is 9.33. The van der Waals surface area contributed by atoms with Crippen LogP contribution in [0.2, 0.25) is 0 Å².